The van der Waals surface area contributed by atoms with Gasteiger partial charge in [-0.1, -0.05) is 30.3 Å². The molecule has 0 saturated carbocycles. The summed E-state index contributed by atoms with van der Waals surface area (Å²) in [6.45, 7) is 5.33. The molecule has 0 bridgehead atoms. The molecule has 0 fully saturated rings. The lowest BCUT2D eigenvalue weighted by atomic mass is 10.1. The molecule has 0 aliphatic rings. The van der Waals surface area contributed by atoms with Gasteiger partial charge in [-0.3, -0.25) is 4.99 Å². The van der Waals surface area contributed by atoms with Crippen LogP contribution in [0, 0.1) is 0 Å². The molecule has 1 unspecified atom stereocenters. The van der Waals surface area contributed by atoms with E-state index in [1.807, 2.05) is 37.3 Å². The third-order valence-corrected chi connectivity index (χ3v) is 3.43. The second-order valence-electron chi connectivity index (χ2n) is 5.14. The average Bonchev–Trinajstić information content (AvgIpc) is 2.60. The van der Waals surface area contributed by atoms with E-state index in [9.17, 15) is 0 Å². The van der Waals surface area contributed by atoms with Crippen LogP contribution in [0.2, 0.25) is 0 Å². The first-order valence-electron chi connectivity index (χ1n) is 7.82. The van der Waals surface area contributed by atoms with E-state index >= 15 is 0 Å². The highest BCUT2D eigenvalue weighted by Crippen LogP contribution is 2.11. The van der Waals surface area contributed by atoms with Crippen molar-refractivity contribution in [1.29, 1.82) is 0 Å². The Bertz CT molecular complexity index is 628. The molecular weight excluding hydrogens is 288 g/mol. The monoisotopic (exact) mass is 312 g/mol. The van der Waals surface area contributed by atoms with Crippen LogP contribution in [-0.4, -0.2) is 24.6 Å². The van der Waals surface area contributed by atoms with Crippen molar-refractivity contribution < 1.29 is 4.74 Å². The number of nitrogens with one attached hydrogen (secondary N) is 2. The Kier molecular flexibility index (Phi) is 6.41. The molecule has 2 rings (SSSR count). The Morgan fingerprint density at radius 1 is 1.26 bits per heavy atom. The minimum absolute atomic E-state index is 0.179. The number of rotatable bonds is 6. The summed E-state index contributed by atoms with van der Waals surface area (Å²) in [5.41, 5.74) is 2.32. The molecule has 5 nitrogen and oxygen atoms in total. The highest BCUT2D eigenvalue weighted by Gasteiger charge is 2.07. The summed E-state index contributed by atoms with van der Waals surface area (Å²) in [4.78, 5) is 8.44. The number of nitrogens with zero attached hydrogens (tertiary/aromatic N) is 2. The van der Waals surface area contributed by atoms with Crippen molar-refractivity contribution in [1.82, 2.24) is 15.6 Å². The molecule has 0 aliphatic carbocycles. The van der Waals surface area contributed by atoms with E-state index < -0.39 is 0 Å². The van der Waals surface area contributed by atoms with Crippen molar-refractivity contribution in [2.24, 2.45) is 4.99 Å². The molecule has 2 N–H and O–H groups in total. The van der Waals surface area contributed by atoms with Crippen molar-refractivity contribution >= 4 is 5.96 Å². The van der Waals surface area contributed by atoms with E-state index in [-0.39, 0.29) is 6.04 Å². The Hall–Kier alpha value is -2.56. The number of aliphatic imine (C=N–C) groups is 1. The van der Waals surface area contributed by atoms with Crippen LogP contribution >= 0.6 is 0 Å². The second kappa shape index (κ2) is 8.78. The lowest BCUT2D eigenvalue weighted by molar-refractivity contribution is 0.326. The van der Waals surface area contributed by atoms with Gasteiger partial charge >= 0.3 is 0 Å². The van der Waals surface area contributed by atoms with E-state index in [0.29, 0.717) is 19.0 Å². The summed E-state index contributed by atoms with van der Waals surface area (Å²) in [5, 5.41) is 6.70. The van der Waals surface area contributed by atoms with Crippen molar-refractivity contribution in [3.63, 3.8) is 0 Å². The molecule has 23 heavy (non-hydrogen) atoms. The maximum Gasteiger partial charge on any atom is 0.213 e. The summed E-state index contributed by atoms with van der Waals surface area (Å²) in [5.74, 6) is 1.41. The molecule has 5 heteroatoms. The summed E-state index contributed by atoms with van der Waals surface area (Å²) in [7, 11) is 1.77. The Balaban J connectivity index is 1.91. The lowest BCUT2D eigenvalue weighted by Gasteiger charge is -2.18. The van der Waals surface area contributed by atoms with Crippen molar-refractivity contribution in [3.05, 3.63) is 59.8 Å². The normalized spacial score (nSPS) is 12.6. The minimum Gasteiger partial charge on any atom is -0.478 e. The fraction of sp³-hybridized carbons (Fsp3) is 0.333. The third-order valence-electron chi connectivity index (χ3n) is 3.43. The highest BCUT2D eigenvalue weighted by atomic mass is 16.5. The minimum atomic E-state index is 0.179. The molecule has 1 heterocycles. The van der Waals surface area contributed by atoms with Gasteiger partial charge in [0.15, 0.2) is 5.96 Å². The van der Waals surface area contributed by atoms with Crippen LogP contribution < -0.4 is 15.4 Å². The number of guanidine groups is 1. The van der Waals surface area contributed by atoms with E-state index in [0.717, 1.165) is 11.5 Å². The third kappa shape index (κ3) is 5.29. The fourth-order valence-corrected chi connectivity index (χ4v) is 2.20. The van der Waals surface area contributed by atoms with Gasteiger partial charge in [0.05, 0.1) is 12.6 Å². The Morgan fingerprint density at radius 3 is 2.74 bits per heavy atom. The predicted molar refractivity (Wildman–Crippen MR) is 93.6 cm³/mol. The van der Waals surface area contributed by atoms with Gasteiger partial charge < -0.3 is 15.4 Å². The summed E-state index contributed by atoms with van der Waals surface area (Å²) in [6, 6.07) is 14.4. The first kappa shape index (κ1) is 16.8. The van der Waals surface area contributed by atoms with Gasteiger partial charge in [-0.25, -0.2) is 4.98 Å². The second-order valence-corrected chi connectivity index (χ2v) is 5.14. The summed E-state index contributed by atoms with van der Waals surface area (Å²) >= 11 is 0. The molecule has 1 aromatic heterocycles. The molecule has 0 amide bonds. The van der Waals surface area contributed by atoms with Gasteiger partial charge in [0, 0.05) is 25.9 Å². The Labute approximate surface area is 137 Å². The van der Waals surface area contributed by atoms with Crippen LogP contribution in [0.25, 0.3) is 0 Å². The molecular formula is C18H24N4O. The molecule has 0 radical (unpaired) electrons. The van der Waals surface area contributed by atoms with Crippen LogP contribution in [0.4, 0.5) is 0 Å². The van der Waals surface area contributed by atoms with E-state index in [4.69, 9.17) is 4.74 Å². The number of ether oxygens (including phenoxy) is 1. The van der Waals surface area contributed by atoms with Crippen LogP contribution in [0.5, 0.6) is 5.88 Å². The first-order chi connectivity index (χ1) is 11.2. The smallest absolute Gasteiger partial charge is 0.213 e. The quantitative estimate of drug-likeness (QED) is 0.636. The molecule has 2 aromatic rings. The number of benzene rings is 1. The molecule has 1 atom stereocenters. The maximum atomic E-state index is 5.42. The number of pyridine rings is 1. The van der Waals surface area contributed by atoms with E-state index in [2.05, 4.69) is 39.7 Å². The predicted octanol–water partition coefficient (Wildman–Crippen LogP) is 2.91. The first-order valence-corrected chi connectivity index (χ1v) is 7.82. The molecule has 0 saturated heterocycles. The lowest BCUT2D eigenvalue weighted by Crippen LogP contribution is -2.38. The van der Waals surface area contributed by atoms with Gasteiger partial charge in [0.25, 0.3) is 0 Å². The zero-order valence-corrected chi connectivity index (χ0v) is 13.9. The van der Waals surface area contributed by atoms with Crippen molar-refractivity contribution in [2.75, 3.05) is 13.7 Å². The zero-order chi connectivity index (χ0) is 16.5. The Morgan fingerprint density at radius 2 is 2.04 bits per heavy atom. The molecule has 0 spiro atoms. The zero-order valence-electron chi connectivity index (χ0n) is 13.9. The van der Waals surface area contributed by atoms with Gasteiger partial charge in [-0.05, 0) is 31.0 Å². The van der Waals surface area contributed by atoms with Gasteiger partial charge in [0.1, 0.15) is 0 Å². The average molecular weight is 312 g/mol. The summed E-state index contributed by atoms with van der Waals surface area (Å²) < 4.78 is 5.42. The molecule has 122 valence electrons. The highest BCUT2D eigenvalue weighted by molar-refractivity contribution is 5.80. The summed E-state index contributed by atoms with van der Waals surface area (Å²) in [6.07, 6.45) is 1.75. The van der Waals surface area contributed by atoms with E-state index in [1.165, 1.54) is 5.56 Å². The van der Waals surface area contributed by atoms with Gasteiger partial charge in [-0.15, -0.1) is 0 Å². The van der Waals surface area contributed by atoms with Crippen molar-refractivity contribution in [2.45, 2.75) is 26.4 Å². The van der Waals surface area contributed by atoms with Gasteiger partial charge in [0.2, 0.25) is 5.88 Å². The largest absolute Gasteiger partial charge is 0.478 e. The standard InChI is InChI=1S/C18H24N4O/c1-4-23-17-12-15(10-11-20-17)13-21-18(19-3)22-14(2)16-8-6-5-7-9-16/h5-12,14H,4,13H2,1-3H3,(H2,19,21,22). The van der Waals surface area contributed by atoms with Crippen molar-refractivity contribution in [3.8, 4) is 5.88 Å². The topological polar surface area (TPSA) is 58.5 Å². The number of aromatic nitrogens is 1. The van der Waals surface area contributed by atoms with E-state index in [1.54, 1.807) is 13.2 Å². The van der Waals surface area contributed by atoms with Crippen LogP contribution in [0.1, 0.15) is 31.0 Å². The number of hydrogen-bond donors (Lipinski definition) is 2. The fourth-order valence-electron chi connectivity index (χ4n) is 2.20. The molecule has 1 aromatic carbocycles. The van der Waals surface area contributed by atoms with Crippen LogP contribution in [-0.2, 0) is 6.54 Å². The maximum absolute atomic E-state index is 5.42. The SMILES string of the molecule is CCOc1cc(CNC(=NC)NC(C)c2ccccc2)ccn1. The van der Waals surface area contributed by atoms with Crippen LogP contribution in [0.15, 0.2) is 53.7 Å². The van der Waals surface area contributed by atoms with Crippen LogP contribution in [0.3, 0.4) is 0 Å². The molecule has 0 aliphatic heterocycles. The number of hydrogen-bond acceptors (Lipinski definition) is 3. The van der Waals surface area contributed by atoms with Gasteiger partial charge in [-0.2, -0.15) is 0 Å².